The molecule has 1 saturated carbocycles. The van der Waals surface area contributed by atoms with Gasteiger partial charge in [-0.2, -0.15) is 13.2 Å². The molecule has 0 N–H and O–H groups in total. The van der Waals surface area contributed by atoms with Crippen molar-refractivity contribution in [1.82, 2.24) is 0 Å². The summed E-state index contributed by atoms with van der Waals surface area (Å²) >= 11 is 0. The first-order valence-corrected chi connectivity index (χ1v) is 5.34. The van der Waals surface area contributed by atoms with E-state index in [1.54, 1.807) is 0 Å². The van der Waals surface area contributed by atoms with Gasteiger partial charge in [0.2, 0.25) is 5.41 Å². The topological polar surface area (TPSA) is 43.4 Å². The van der Waals surface area contributed by atoms with E-state index >= 15 is 0 Å². The lowest BCUT2D eigenvalue weighted by molar-refractivity contribution is -0.232. The van der Waals surface area contributed by atoms with E-state index in [0.29, 0.717) is 0 Å². The number of ketones is 1. The first kappa shape index (κ1) is 14.0. The number of ether oxygens (including phenoxy) is 1. The minimum atomic E-state index is -4.89. The number of esters is 1. The minimum Gasteiger partial charge on any atom is -0.459 e. The quantitative estimate of drug-likeness (QED) is 0.532. The Labute approximate surface area is 97.3 Å². The Hall–Kier alpha value is -1.07. The molecule has 0 saturated heterocycles. The van der Waals surface area contributed by atoms with Crippen molar-refractivity contribution >= 4 is 11.8 Å². The molecule has 6 heteroatoms. The second kappa shape index (κ2) is 3.99. The van der Waals surface area contributed by atoms with Crippen LogP contribution in [-0.4, -0.2) is 23.5 Å². The normalized spacial score (nSPS) is 26.1. The van der Waals surface area contributed by atoms with Gasteiger partial charge in [0.1, 0.15) is 5.60 Å². The van der Waals surface area contributed by atoms with Gasteiger partial charge in [0.05, 0.1) is 0 Å². The highest BCUT2D eigenvalue weighted by Gasteiger charge is 2.68. The van der Waals surface area contributed by atoms with E-state index in [1.165, 1.54) is 20.8 Å². The van der Waals surface area contributed by atoms with Gasteiger partial charge < -0.3 is 4.74 Å². The lowest BCUT2D eigenvalue weighted by Crippen LogP contribution is -2.50. The van der Waals surface area contributed by atoms with Gasteiger partial charge in [0.25, 0.3) is 0 Å². The van der Waals surface area contributed by atoms with Gasteiger partial charge in [-0.3, -0.25) is 9.59 Å². The summed E-state index contributed by atoms with van der Waals surface area (Å²) < 4.78 is 43.7. The van der Waals surface area contributed by atoms with Crippen molar-refractivity contribution in [1.29, 1.82) is 0 Å². The smallest absolute Gasteiger partial charge is 0.411 e. The number of carbonyl (C=O) groups is 2. The van der Waals surface area contributed by atoms with Crippen LogP contribution in [0.1, 0.15) is 40.0 Å². The Morgan fingerprint density at radius 1 is 1.29 bits per heavy atom. The molecule has 0 aromatic rings. The number of halogens is 3. The van der Waals surface area contributed by atoms with E-state index < -0.39 is 35.4 Å². The van der Waals surface area contributed by atoms with Crippen molar-refractivity contribution in [2.45, 2.75) is 51.8 Å². The summed E-state index contributed by atoms with van der Waals surface area (Å²) in [6, 6.07) is 0. The lowest BCUT2D eigenvalue weighted by atomic mass is 9.84. The zero-order valence-corrected chi connectivity index (χ0v) is 9.98. The summed E-state index contributed by atoms with van der Waals surface area (Å²) in [6.45, 7) is 4.40. The van der Waals surface area contributed by atoms with E-state index in [9.17, 15) is 22.8 Å². The Morgan fingerprint density at radius 3 is 2.12 bits per heavy atom. The van der Waals surface area contributed by atoms with Gasteiger partial charge in [0.15, 0.2) is 5.78 Å². The van der Waals surface area contributed by atoms with Gasteiger partial charge >= 0.3 is 12.1 Å². The van der Waals surface area contributed by atoms with Crippen LogP contribution in [0.4, 0.5) is 13.2 Å². The van der Waals surface area contributed by atoms with Crippen molar-refractivity contribution in [2.75, 3.05) is 0 Å². The van der Waals surface area contributed by atoms with Crippen LogP contribution in [0.2, 0.25) is 0 Å². The first-order chi connectivity index (χ1) is 7.51. The second-order valence-electron chi connectivity index (χ2n) is 5.18. The fraction of sp³-hybridized carbons (Fsp3) is 0.818. The zero-order valence-electron chi connectivity index (χ0n) is 9.98. The van der Waals surface area contributed by atoms with Crippen LogP contribution in [0.15, 0.2) is 0 Å². The van der Waals surface area contributed by atoms with E-state index in [0.717, 1.165) is 0 Å². The predicted octanol–water partition coefficient (Wildman–Crippen LogP) is 2.63. The van der Waals surface area contributed by atoms with Crippen LogP contribution < -0.4 is 0 Å². The van der Waals surface area contributed by atoms with Gasteiger partial charge in [-0.05, 0) is 33.6 Å². The molecule has 1 aliphatic carbocycles. The number of carbonyl (C=O) groups excluding carboxylic acids is 2. The monoisotopic (exact) mass is 252 g/mol. The number of alkyl halides is 3. The maximum Gasteiger partial charge on any atom is 0.411 e. The molecule has 0 aromatic heterocycles. The molecule has 0 amide bonds. The zero-order chi connectivity index (χ0) is 13.5. The maximum atomic E-state index is 13.0. The third-order valence-electron chi connectivity index (χ3n) is 2.66. The maximum absolute atomic E-state index is 13.0. The molecule has 1 rings (SSSR count). The van der Waals surface area contributed by atoms with Crippen molar-refractivity contribution in [3.63, 3.8) is 0 Å². The molecular formula is C11H15F3O3. The highest BCUT2D eigenvalue weighted by atomic mass is 19.4. The van der Waals surface area contributed by atoms with Crippen molar-refractivity contribution in [3.05, 3.63) is 0 Å². The van der Waals surface area contributed by atoms with Gasteiger partial charge in [-0.1, -0.05) is 0 Å². The molecule has 0 spiro atoms. The number of Topliss-reactive ketones (excluding diaryl/α,β-unsaturated/α-hetero) is 1. The van der Waals surface area contributed by atoms with Gasteiger partial charge in [-0.15, -0.1) is 0 Å². The Morgan fingerprint density at radius 2 is 1.82 bits per heavy atom. The van der Waals surface area contributed by atoms with Crippen LogP contribution in [0.3, 0.4) is 0 Å². The molecule has 98 valence electrons. The molecule has 1 fully saturated rings. The third kappa shape index (κ3) is 2.45. The fourth-order valence-corrected chi connectivity index (χ4v) is 1.86. The molecule has 0 aromatic carbocycles. The molecule has 0 bridgehead atoms. The van der Waals surface area contributed by atoms with E-state index in [4.69, 9.17) is 4.74 Å². The number of hydrogen-bond acceptors (Lipinski definition) is 3. The molecule has 17 heavy (non-hydrogen) atoms. The Bertz CT molecular complexity index is 341. The summed E-state index contributed by atoms with van der Waals surface area (Å²) in [6.07, 6.45) is -5.55. The molecular weight excluding hydrogens is 237 g/mol. The molecule has 0 heterocycles. The summed E-state index contributed by atoms with van der Waals surface area (Å²) in [5.74, 6) is -2.56. The SMILES string of the molecule is CC(C)(C)OC(=O)C1(C(F)(F)F)CCCC1=O. The molecule has 1 atom stereocenters. The molecule has 0 aliphatic heterocycles. The Kier molecular flexibility index (Phi) is 3.29. The van der Waals surface area contributed by atoms with Crippen LogP contribution in [-0.2, 0) is 14.3 Å². The van der Waals surface area contributed by atoms with Crippen molar-refractivity contribution in [3.8, 4) is 0 Å². The standard InChI is InChI=1S/C11H15F3O3/c1-9(2,3)17-8(16)10(11(12,13)14)6-4-5-7(10)15/h4-6H2,1-3H3. The fourth-order valence-electron chi connectivity index (χ4n) is 1.86. The molecule has 3 nitrogen and oxygen atoms in total. The molecule has 0 radical (unpaired) electrons. The van der Waals surface area contributed by atoms with Gasteiger partial charge in [0, 0.05) is 6.42 Å². The minimum absolute atomic E-state index is 0.0670. The van der Waals surface area contributed by atoms with Crippen LogP contribution >= 0.6 is 0 Å². The van der Waals surface area contributed by atoms with Crippen LogP contribution in [0.25, 0.3) is 0 Å². The van der Waals surface area contributed by atoms with E-state index in [-0.39, 0.29) is 12.8 Å². The highest BCUT2D eigenvalue weighted by molar-refractivity contribution is 6.06. The van der Waals surface area contributed by atoms with Crippen molar-refractivity contribution in [2.24, 2.45) is 5.41 Å². The molecule has 1 unspecified atom stereocenters. The third-order valence-corrected chi connectivity index (χ3v) is 2.66. The van der Waals surface area contributed by atoms with Crippen LogP contribution in [0, 0.1) is 5.41 Å². The molecule has 1 aliphatic rings. The number of rotatable bonds is 1. The first-order valence-electron chi connectivity index (χ1n) is 5.34. The van der Waals surface area contributed by atoms with Gasteiger partial charge in [-0.25, -0.2) is 0 Å². The summed E-state index contributed by atoms with van der Waals surface area (Å²) in [5.41, 5.74) is -3.99. The average Bonchev–Trinajstić information content (AvgIpc) is 2.43. The second-order valence-corrected chi connectivity index (χ2v) is 5.18. The Balaban J connectivity index is 3.09. The number of hydrogen-bond donors (Lipinski definition) is 0. The highest BCUT2D eigenvalue weighted by Crippen LogP contribution is 2.49. The lowest BCUT2D eigenvalue weighted by Gasteiger charge is -2.31. The van der Waals surface area contributed by atoms with Crippen LogP contribution in [0.5, 0.6) is 0 Å². The van der Waals surface area contributed by atoms with Crippen molar-refractivity contribution < 1.29 is 27.5 Å². The summed E-state index contributed by atoms with van der Waals surface area (Å²) in [7, 11) is 0. The van der Waals surface area contributed by atoms with E-state index in [2.05, 4.69) is 0 Å². The van der Waals surface area contributed by atoms with E-state index in [1.807, 2.05) is 0 Å². The predicted molar refractivity (Wildman–Crippen MR) is 53.2 cm³/mol. The summed E-state index contributed by atoms with van der Waals surface area (Å²) in [4.78, 5) is 23.1. The largest absolute Gasteiger partial charge is 0.459 e. The average molecular weight is 252 g/mol. The summed E-state index contributed by atoms with van der Waals surface area (Å²) in [5, 5.41) is 0.